The number of amides is 1. The topological polar surface area (TPSA) is 84.9 Å². The maximum Gasteiger partial charge on any atom is 0.248 e. The van der Waals surface area contributed by atoms with Crippen LogP contribution in [0.1, 0.15) is 6.92 Å². The number of methoxy groups -OCH3 is 2. The Bertz CT molecular complexity index is 982. The highest BCUT2D eigenvalue weighted by molar-refractivity contribution is 7.92. The van der Waals surface area contributed by atoms with Gasteiger partial charge in [0.2, 0.25) is 15.9 Å². The fraction of sp³-hybridized carbons (Fsp3) is 0.278. The number of hydrogen-bond donors (Lipinski definition) is 1. The van der Waals surface area contributed by atoms with Crippen molar-refractivity contribution in [2.24, 2.45) is 0 Å². The summed E-state index contributed by atoms with van der Waals surface area (Å²) < 4.78 is 62.9. The molecule has 0 radical (unpaired) electrons. The molecule has 0 heterocycles. The molecule has 0 saturated carbocycles. The normalized spacial score (nSPS) is 12.2. The summed E-state index contributed by atoms with van der Waals surface area (Å²) in [4.78, 5) is 12.6. The Morgan fingerprint density at radius 3 is 2.32 bits per heavy atom. The van der Waals surface area contributed by atoms with E-state index in [4.69, 9.17) is 9.47 Å². The number of benzene rings is 2. The summed E-state index contributed by atoms with van der Waals surface area (Å²) in [7, 11) is -1.19. The molecule has 0 aromatic heterocycles. The van der Waals surface area contributed by atoms with Gasteiger partial charge in [-0.3, -0.25) is 9.10 Å². The molecule has 1 atom stereocenters. The zero-order chi connectivity index (χ0) is 21.1. The number of carbonyl (C=O) groups is 1. The van der Waals surface area contributed by atoms with Crippen molar-refractivity contribution in [1.29, 1.82) is 0 Å². The average molecular weight is 414 g/mol. The van der Waals surface area contributed by atoms with E-state index in [2.05, 4.69) is 5.32 Å². The van der Waals surface area contributed by atoms with E-state index in [-0.39, 0.29) is 17.1 Å². The van der Waals surface area contributed by atoms with E-state index in [0.717, 1.165) is 22.7 Å². The number of ether oxygens (including phenoxy) is 2. The Morgan fingerprint density at radius 2 is 1.79 bits per heavy atom. The molecule has 0 saturated heterocycles. The second-order valence-electron chi connectivity index (χ2n) is 5.89. The number of carbonyl (C=O) groups excluding carboxylic acids is 1. The number of nitrogens with zero attached hydrogens (tertiary/aromatic N) is 1. The predicted molar refractivity (Wildman–Crippen MR) is 101 cm³/mol. The summed E-state index contributed by atoms with van der Waals surface area (Å²) in [6.07, 6.45) is 0.925. The quantitative estimate of drug-likeness (QED) is 0.753. The van der Waals surface area contributed by atoms with Crippen LogP contribution in [0.15, 0.2) is 36.4 Å². The minimum Gasteiger partial charge on any atom is -0.497 e. The highest BCUT2D eigenvalue weighted by Crippen LogP contribution is 2.35. The van der Waals surface area contributed by atoms with Gasteiger partial charge in [-0.05, 0) is 31.2 Å². The Labute approximate surface area is 161 Å². The van der Waals surface area contributed by atoms with Crippen LogP contribution in [-0.4, -0.2) is 40.8 Å². The van der Waals surface area contributed by atoms with E-state index in [0.29, 0.717) is 11.8 Å². The van der Waals surface area contributed by atoms with E-state index in [1.165, 1.54) is 33.3 Å². The first-order chi connectivity index (χ1) is 13.1. The lowest BCUT2D eigenvalue weighted by atomic mass is 10.2. The van der Waals surface area contributed by atoms with Crippen LogP contribution in [-0.2, 0) is 14.8 Å². The molecule has 0 aliphatic carbocycles. The Balaban J connectivity index is 2.45. The van der Waals surface area contributed by atoms with Crippen molar-refractivity contribution >= 4 is 27.3 Å². The van der Waals surface area contributed by atoms with Crippen LogP contribution in [0, 0.1) is 11.6 Å². The summed E-state index contributed by atoms with van der Waals surface area (Å²) >= 11 is 0. The van der Waals surface area contributed by atoms with Gasteiger partial charge in [0.1, 0.15) is 29.2 Å². The molecule has 0 bridgehead atoms. The van der Waals surface area contributed by atoms with Crippen molar-refractivity contribution in [3.8, 4) is 11.5 Å². The average Bonchev–Trinajstić information content (AvgIpc) is 2.62. The molecule has 0 aliphatic heterocycles. The van der Waals surface area contributed by atoms with Gasteiger partial charge in [0.05, 0.1) is 31.9 Å². The molecule has 28 heavy (non-hydrogen) atoms. The molecule has 0 aliphatic rings. The van der Waals surface area contributed by atoms with Crippen molar-refractivity contribution in [2.75, 3.05) is 30.1 Å². The minimum atomic E-state index is -3.95. The molecular weight excluding hydrogens is 394 g/mol. The summed E-state index contributed by atoms with van der Waals surface area (Å²) in [6, 6.07) is 5.83. The monoisotopic (exact) mass is 414 g/mol. The highest BCUT2D eigenvalue weighted by atomic mass is 32.2. The largest absolute Gasteiger partial charge is 0.497 e. The zero-order valence-electron chi connectivity index (χ0n) is 15.7. The van der Waals surface area contributed by atoms with Crippen LogP contribution >= 0.6 is 0 Å². The molecule has 1 unspecified atom stereocenters. The molecule has 7 nitrogen and oxygen atoms in total. The van der Waals surface area contributed by atoms with Gasteiger partial charge in [-0.2, -0.15) is 0 Å². The molecule has 1 N–H and O–H groups in total. The first-order valence-corrected chi connectivity index (χ1v) is 9.90. The first kappa shape index (κ1) is 21.4. The third-order valence-electron chi connectivity index (χ3n) is 3.90. The second-order valence-corrected chi connectivity index (χ2v) is 7.75. The number of halogens is 2. The van der Waals surface area contributed by atoms with Gasteiger partial charge in [-0.25, -0.2) is 17.2 Å². The molecule has 2 aromatic carbocycles. The highest BCUT2D eigenvalue weighted by Gasteiger charge is 2.32. The lowest BCUT2D eigenvalue weighted by Crippen LogP contribution is -2.45. The van der Waals surface area contributed by atoms with Crippen LogP contribution in [0.4, 0.5) is 20.2 Å². The molecule has 2 aromatic rings. The molecule has 0 fully saturated rings. The smallest absolute Gasteiger partial charge is 0.248 e. The second kappa shape index (κ2) is 8.42. The van der Waals surface area contributed by atoms with Crippen LogP contribution in [0.3, 0.4) is 0 Å². The third kappa shape index (κ3) is 4.69. The maximum atomic E-state index is 13.8. The van der Waals surface area contributed by atoms with Gasteiger partial charge in [0, 0.05) is 12.1 Å². The Morgan fingerprint density at radius 1 is 1.11 bits per heavy atom. The van der Waals surface area contributed by atoms with Crippen molar-refractivity contribution < 1.29 is 31.5 Å². The van der Waals surface area contributed by atoms with Crippen LogP contribution < -0.4 is 19.1 Å². The number of rotatable bonds is 7. The first-order valence-electron chi connectivity index (χ1n) is 8.05. The van der Waals surface area contributed by atoms with E-state index in [9.17, 15) is 22.0 Å². The molecule has 1 amide bonds. The molecule has 10 heteroatoms. The number of nitrogens with one attached hydrogen (secondary N) is 1. The van der Waals surface area contributed by atoms with Crippen LogP contribution in [0.25, 0.3) is 0 Å². The van der Waals surface area contributed by atoms with Gasteiger partial charge in [0.15, 0.2) is 0 Å². The number of hydrogen-bond acceptors (Lipinski definition) is 5. The summed E-state index contributed by atoms with van der Waals surface area (Å²) in [6.45, 7) is 1.33. The standard InChI is InChI=1S/C18H20F2N2O5S/c1-11(18(23)21-15-7-5-12(19)9-14(15)20)22(28(4,24)25)16-10-13(26-2)6-8-17(16)27-3/h5-11H,1-4H3,(H,21,23). The van der Waals surface area contributed by atoms with Gasteiger partial charge in [-0.1, -0.05) is 0 Å². The lowest BCUT2D eigenvalue weighted by molar-refractivity contribution is -0.116. The molecular formula is C18H20F2N2O5S. The van der Waals surface area contributed by atoms with Crippen LogP contribution in [0.2, 0.25) is 0 Å². The SMILES string of the molecule is COc1ccc(OC)c(N(C(C)C(=O)Nc2ccc(F)cc2F)S(C)(=O)=O)c1. The Kier molecular flexibility index (Phi) is 6.45. The number of sulfonamides is 1. The van der Waals surface area contributed by atoms with Gasteiger partial charge in [-0.15, -0.1) is 0 Å². The maximum absolute atomic E-state index is 13.8. The van der Waals surface area contributed by atoms with Crippen molar-refractivity contribution in [1.82, 2.24) is 0 Å². The fourth-order valence-corrected chi connectivity index (χ4v) is 3.75. The van der Waals surface area contributed by atoms with Crippen molar-refractivity contribution in [3.05, 3.63) is 48.0 Å². The summed E-state index contributed by atoms with van der Waals surface area (Å²) in [5.74, 6) is -2.06. The van der Waals surface area contributed by atoms with Gasteiger partial charge < -0.3 is 14.8 Å². The van der Waals surface area contributed by atoms with Crippen LogP contribution in [0.5, 0.6) is 11.5 Å². The molecule has 0 spiro atoms. The third-order valence-corrected chi connectivity index (χ3v) is 5.13. The van der Waals surface area contributed by atoms with E-state index < -0.39 is 33.6 Å². The summed E-state index contributed by atoms with van der Waals surface area (Å²) in [5, 5.41) is 2.27. The zero-order valence-corrected chi connectivity index (χ0v) is 16.5. The summed E-state index contributed by atoms with van der Waals surface area (Å²) in [5.41, 5.74) is -0.198. The fourth-order valence-electron chi connectivity index (χ4n) is 2.58. The lowest BCUT2D eigenvalue weighted by Gasteiger charge is -2.29. The van der Waals surface area contributed by atoms with Crippen molar-refractivity contribution in [3.63, 3.8) is 0 Å². The molecule has 2 rings (SSSR count). The molecule has 152 valence electrons. The minimum absolute atomic E-state index is 0.0755. The van der Waals surface area contributed by atoms with E-state index in [1.807, 2.05) is 0 Å². The van der Waals surface area contributed by atoms with Crippen molar-refractivity contribution in [2.45, 2.75) is 13.0 Å². The van der Waals surface area contributed by atoms with E-state index >= 15 is 0 Å². The van der Waals surface area contributed by atoms with Gasteiger partial charge >= 0.3 is 0 Å². The number of anilines is 2. The Hall–Kier alpha value is -2.88. The predicted octanol–water partition coefficient (Wildman–Crippen LogP) is 2.78. The van der Waals surface area contributed by atoms with Gasteiger partial charge in [0.25, 0.3) is 0 Å². The van der Waals surface area contributed by atoms with E-state index in [1.54, 1.807) is 6.07 Å².